The van der Waals surface area contributed by atoms with Gasteiger partial charge in [0.25, 0.3) is 0 Å². The summed E-state index contributed by atoms with van der Waals surface area (Å²) in [4.78, 5) is 11.6. The van der Waals surface area contributed by atoms with Gasteiger partial charge in [-0.3, -0.25) is 4.79 Å². The second-order valence-corrected chi connectivity index (χ2v) is 3.69. The van der Waals surface area contributed by atoms with Gasteiger partial charge in [0.05, 0.1) is 0 Å². The van der Waals surface area contributed by atoms with Gasteiger partial charge in [-0.15, -0.1) is 0 Å². The lowest BCUT2D eigenvalue weighted by molar-refractivity contribution is 0.0980. The monoisotopic (exact) mass is 211 g/mol. The number of nitrogen functional groups attached to an aromatic ring is 1. The molecule has 0 unspecified atom stereocenters. The number of anilines is 1. The number of hydrogen-bond acceptors (Lipinski definition) is 2. The third-order valence-corrected chi connectivity index (χ3v) is 2.31. The molecule has 0 bridgehead atoms. The molecule has 0 radical (unpaired) electrons. The Hall–Kier alpha value is -1.02. The number of carbonyl (C=O) groups is 1. The van der Waals surface area contributed by atoms with Gasteiger partial charge >= 0.3 is 0 Å². The molecule has 0 aromatic heterocycles. The number of nitrogens with two attached hydrogens (primary N) is 1. The third kappa shape index (κ3) is 2.74. The minimum atomic E-state index is 0.0758. The molecular weight excluding hydrogens is 198 g/mol. The summed E-state index contributed by atoms with van der Waals surface area (Å²) in [7, 11) is 0. The van der Waals surface area contributed by atoms with E-state index >= 15 is 0 Å². The normalized spacial score (nSPS) is 10.1. The number of benzene rings is 1. The van der Waals surface area contributed by atoms with Crippen LogP contribution in [0.1, 0.15) is 36.5 Å². The van der Waals surface area contributed by atoms with Gasteiger partial charge in [0.2, 0.25) is 0 Å². The van der Waals surface area contributed by atoms with Crippen molar-refractivity contribution < 1.29 is 4.79 Å². The Morgan fingerprint density at radius 3 is 2.86 bits per heavy atom. The Morgan fingerprint density at radius 1 is 1.50 bits per heavy atom. The lowest BCUT2D eigenvalue weighted by atomic mass is 10.0. The van der Waals surface area contributed by atoms with E-state index in [2.05, 4.69) is 6.92 Å². The zero-order valence-electron chi connectivity index (χ0n) is 8.22. The summed E-state index contributed by atoms with van der Waals surface area (Å²) in [6.07, 6.45) is 2.44. The summed E-state index contributed by atoms with van der Waals surface area (Å²) in [5.74, 6) is 0.0758. The smallest absolute Gasteiger partial charge is 0.164 e. The minimum Gasteiger partial charge on any atom is -0.398 e. The molecule has 2 nitrogen and oxygen atoms in total. The first kappa shape index (κ1) is 11.1. The van der Waals surface area contributed by atoms with Crippen molar-refractivity contribution >= 4 is 23.1 Å². The van der Waals surface area contributed by atoms with Crippen molar-refractivity contribution in [1.29, 1.82) is 0 Å². The molecule has 0 saturated carbocycles. The summed E-state index contributed by atoms with van der Waals surface area (Å²) in [5, 5.41) is 0.555. The number of unbranched alkanes of at least 4 members (excludes halogenated alkanes) is 1. The fraction of sp³-hybridized carbons (Fsp3) is 0.364. The fourth-order valence-electron chi connectivity index (χ4n) is 1.24. The molecule has 0 atom stereocenters. The average Bonchev–Trinajstić information content (AvgIpc) is 2.18. The molecule has 1 aromatic carbocycles. The molecule has 1 aromatic rings. The maximum Gasteiger partial charge on any atom is 0.164 e. The standard InChI is InChI=1S/C11H14ClNO/c1-2-3-4-11(14)9-7-8(12)5-6-10(9)13/h5-7H,2-4,13H2,1H3. The molecule has 0 spiro atoms. The number of halogens is 1. The molecule has 0 aliphatic rings. The highest BCUT2D eigenvalue weighted by molar-refractivity contribution is 6.31. The van der Waals surface area contributed by atoms with E-state index in [9.17, 15) is 4.79 Å². The molecule has 0 saturated heterocycles. The first-order chi connectivity index (χ1) is 6.65. The molecule has 0 aliphatic carbocycles. The van der Waals surface area contributed by atoms with E-state index in [4.69, 9.17) is 17.3 Å². The number of ketones is 1. The fourth-order valence-corrected chi connectivity index (χ4v) is 1.41. The van der Waals surface area contributed by atoms with Crippen molar-refractivity contribution in [3.63, 3.8) is 0 Å². The van der Waals surface area contributed by atoms with E-state index < -0.39 is 0 Å². The van der Waals surface area contributed by atoms with Gasteiger partial charge in [0.15, 0.2) is 5.78 Å². The van der Waals surface area contributed by atoms with Crippen LogP contribution in [0.2, 0.25) is 5.02 Å². The summed E-state index contributed by atoms with van der Waals surface area (Å²) in [6, 6.07) is 4.99. The van der Waals surface area contributed by atoms with Gasteiger partial charge in [-0.05, 0) is 24.6 Å². The van der Waals surface area contributed by atoms with Crippen molar-refractivity contribution in [2.75, 3.05) is 5.73 Å². The van der Waals surface area contributed by atoms with Gasteiger partial charge in [-0.1, -0.05) is 24.9 Å². The Labute approximate surface area is 89.1 Å². The summed E-state index contributed by atoms with van der Waals surface area (Å²) >= 11 is 5.79. The van der Waals surface area contributed by atoms with Crippen molar-refractivity contribution in [3.8, 4) is 0 Å². The van der Waals surface area contributed by atoms with Crippen LogP contribution in [0, 0.1) is 0 Å². The van der Waals surface area contributed by atoms with Crippen molar-refractivity contribution in [2.24, 2.45) is 0 Å². The second kappa shape index (κ2) is 5.01. The van der Waals surface area contributed by atoms with E-state index in [1.807, 2.05) is 0 Å². The lowest BCUT2D eigenvalue weighted by Crippen LogP contribution is -2.03. The highest BCUT2D eigenvalue weighted by Gasteiger charge is 2.09. The topological polar surface area (TPSA) is 43.1 Å². The van der Waals surface area contributed by atoms with E-state index in [-0.39, 0.29) is 5.78 Å². The Morgan fingerprint density at radius 2 is 2.21 bits per heavy atom. The van der Waals surface area contributed by atoms with Gasteiger partial charge in [-0.25, -0.2) is 0 Å². The predicted octanol–water partition coefficient (Wildman–Crippen LogP) is 3.30. The van der Waals surface area contributed by atoms with Crippen LogP contribution < -0.4 is 5.73 Å². The van der Waals surface area contributed by atoms with Crippen LogP contribution in [0.5, 0.6) is 0 Å². The predicted molar refractivity (Wildman–Crippen MR) is 59.7 cm³/mol. The summed E-state index contributed by atoms with van der Waals surface area (Å²) in [5.41, 5.74) is 6.74. The SMILES string of the molecule is CCCCC(=O)c1cc(Cl)ccc1N. The van der Waals surface area contributed by atoms with E-state index in [1.54, 1.807) is 18.2 Å². The van der Waals surface area contributed by atoms with E-state index in [0.29, 0.717) is 22.7 Å². The zero-order valence-corrected chi connectivity index (χ0v) is 8.97. The Balaban J connectivity index is 2.83. The van der Waals surface area contributed by atoms with Gasteiger partial charge < -0.3 is 5.73 Å². The lowest BCUT2D eigenvalue weighted by Gasteiger charge is -2.04. The molecule has 0 fully saturated rings. The maximum absolute atomic E-state index is 11.6. The van der Waals surface area contributed by atoms with Crippen LogP contribution in [0.15, 0.2) is 18.2 Å². The molecule has 0 amide bonds. The van der Waals surface area contributed by atoms with Crippen molar-refractivity contribution in [2.45, 2.75) is 26.2 Å². The first-order valence-corrected chi connectivity index (χ1v) is 5.11. The van der Waals surface area contributed by atoms with Crippen LogP contribution in [0.4, 0.5) is 5.69 Å². The minimum absolute atomic E-state index is 0.0758. The molecule has 14 heavy (non-hydrogen) atoms. The van der Waals surface area contributed by atoms with Crippen LogP contribution in [0.3, 0.4) is 0 Å². The number of hydrogen-bond donors (Lipinski definition) is 1. The Bertz CT molecular complexity index is 336. The largest absolute Gasteiger partial charge is 0.398 e. The third-order valence-electron chi connectivity index (χ3n) is 2.07. The van der Waals surface area contributed by atoms with Crippen LogP contribution >= 0.6 is 11.6 Å². The van der Waals surface area contributed by atoms with Crippen LogP contribution in [-0.4, -0.2) is 5.78 Å². The van der Waals surface area contributed by atoms with Crippen LogP contribution in [-0.2, 0) is 0 Å². The number of carbonyl (C=O) groups excluding carboxylic acids is 1. The van der Waals surface area contributed by atoms with Crippen molar-refractivity contribution in [3.05, 3.63) is 28.8 Å². The molecule has 76 valence electrons. The Kier molecular flexibility index (Phi) is 3.96. The van der Waals surface area contributed by atoms with Gasteiger partial charge in [0, 0.05) is 22.7 Å². The molecular formula is C11H14ClNO. The molecule has 2 N–H and O–H groups in total. The van der Waals surface area contributed by atoms with E-state index in [0.717, 1.165) is 12.8 Å². The van der Waals surface area contributed by atoms with E-state index in [1.165, 1.54) is 0 Å². The van der Waals surface area contributed by atoms with Crippen molar-refractivity contribution in [1.82, 2.24) is 0 Å². The molecule has 0 aliphatic heterocycles. The van der Waals surface area contributed by atoms with Gasteiger partial charge in [0.1, 0.15) is 0 Å². The maximum atomic E-state index is 11.6. The number of Topliss-reactive ketones (excluding diaryl/α,β-unsaturated/α-hetero) is 1. The first-order valence-electron chi connectivity index (χ1n) is 4.73. The quantitative estimate of drug-likeness (QED) is 0.614. The number of rotatable bonds is 4. The summed E-state index contributed by atoms with van der Waals surface area (Å²) in [6.45, 7) is 2.05. The molecule has 3 heteroatoms. The van der Waals surface area contributed by atoms with Gasteiger partial charge in [-0.2, -0.15) is 0 Å². The molecule has 0 heterocycles. The highest BCUT2D eigenvalue weighted by atomic mass is 35.5. The highest BCUT2D eigenvalue weighted by Crippen LogP contribution is 2.20. The zero-order chi connectivity index (χ0) is 10.6. The van der Waals surface area contributed by atoms with Crippen LogP contribution in [0.25, 0.3) is 0 Å². The summed E-state index contributed by atoms with van der Waals surface area (Å²) < 4.78 is 0. The molecule has 1 rings (SSSR count). The average molecular weight is 212 g/mol. The second-order valence-electron chi connectivity index (χ2n) is 3.26.